The average Bonchev–Trinajstić information content (AvgIpc) is 3.35. The summed E-state index contributed by atoms with van der Waals surface area (Å²) in [6.07, 6.45) is 8.37. The highest BCUT2D eigenvalue weighted by Gasteiger charge is 2.38. The Kier molecular flexibility index (Phi) is 9.76. The van der Waals surface area contributed by atoms with E-state index in [-0.39, 0.29) is 11.9 Å². The highest BCUT2D eigenvalue weighted by molar-refractivity contribution is 5.99. The zero-order valence-electron chi connectivity index (χ0n) is 21.1. The quantitative estimate of drug-likeness (QED) is 0.280. The maximum absolute atomic E-state index is 14.6. The number of phenols is 1. The smallest absolute Gasteiger partial charge is 0.243 e. The molecular weight excluding hydrogens is 473 g/mol. The first-order valence-corrected chi connectivity index (χ1v) is 12.9. The van der Waals surface area contributed by atoms with Crippen LogP contribution in [0.15, 0.2) is 0 Å². The van der Waals surface area contributed by atoms with E-state index in [9.17, 15) is 27.9 Å². The predicted octanol–water partition coefficient (Wildman–Crippen LogP) is 4.14. The fourth-order valence-electron chi connectivity index (χ4n) is 5.34. The minimum Gasteiger partial charge on any atom is -0.504 e. The van der Waals surface area contributed by atoms with Gasteiger partial charge in [-0.2, -0.15) is 0 Å². The molecule has 0 unspecified atom stereocenters. The van der Waals surface area contributed by atoms with Crippen molar-refractivity contribution in [3.8, 4) is 5.75 Å². The zero-order chi connectivity index (χ0) is 26.4. The van der Waals surface area contributed by atoms with E-state index in [4.69, 9.17) is 5.41 Å². The Hall–Kier alpha value is -2.62. The Balaban J connectivity index is 1.71. The summed E-state index contributed by atoms with van der Waals surface area (Å²) in [6.45, 7) is 3.53. The lowest BCUT2D eigenvalue weighted by Crippen LogP contribution is -2.53. The summed E-state index contributed by atoms with van der Waals surface area (Å²) in [5.74, 6) is -5.97. The second kappa shape index (κ2) is 12.6. The van der Waals surface area contributed by atoms with Gasteiger partial charge in [-0.25, -0.2) is 13.2 Å². The number of phenolic OH excluding ortho intramolecular Hbond substituents is 1. The molecule has 7 nitrogen and oxygen atoms in total. The van der Waals surface area contributed by atoms with Crippen LogP contribution in [0.2, 0.25) is 0 Å². The van der Waals surface area contributed by atoms with Gasteiger partial charge in [0, 0.05) is 24.4 Å². The van der Waals surface area contributed by atoms with E-state index in [0.29, 0.717) is 31.8 Å². The van der Waals surface area contributed by atoms with E-state index >= 15 is 0 Å². The topological polar surface area (TPSA) is 106 Å². The maximum atomic E-state index is 14.6. The monoisotopic (exact) mass is 510 g/mol. The van der Waals surface area contributed by atoms with Crippen molar-refractivity contribution in [3.05, 3.63) is 28.6 Å². The second-order valence-electron chi connectivity index (χ2n) is 9.92. The molecule has 1 saturated heterocycles. The van der Waals surface area contributed by atoms with Crippen LogP contribution in [0, 0.1) is 28.8 Å². The molecule has 1 aliphatic carbocycles. The molecule has 1 aliphatic heterocycles. The molecule has 36 heavy (non-hydrogen) atoms. The van der Waals surface area contributed by atoms with Crippen molar-refractivity contribution in [2.45, 2.75) is 90.3 Å². The summed E-state index contributed by atoms with van der Waals surface area (Å²) in [5, 5.41) is 23.1. The summed E-state index contributed by atoms with van der Waals surface area (Å²) >= 11 is 0. The van der Waals surface area contributed by atoms with Gasteiger partial charge in [0.1, 0.15) is 6.04 Å². The van der Waals surface area contributed by atoms with E-state index in [1.54, 1.807) is 0 Å². The Morgan fingerprint density at radius 3 is 2.42 bits per heavy atom. The molecule has 3 rings (SSSR count). The van der Waals surface area contributed by atoms with Crippen LogP contribution in [-0.2, 0) is 16.1 Å². The second-order valence-corrected chi connectivity index (χ2v) is 9.92. The van der Waals surface area contributed by atoms with E-state index in [2.05, 4.69) is 10.6 Å². The zero-order valence-corrected chi connectivity index (χ0v) is 21.1. The lowest BCUT2D eigenvalue weighted by atomic mass is 9.84. The summed E-state index contributed by atoms with van der Waals surface area (Å²) < 4.78 is 43.4. The number of nitrogens with one attached hydrogen (secondary N) is 3. The van der Waals surface area contributed by atoms with Crippen molar-refractivity contribution >= 4 is 17.5 Å². The molecule has 1 aromatic carbocycles. The van der Waals surface area contributed by atoms with E-state index in [1.165, 1.54) is 11.3 Å². The molecule has 4 N–H and O–H groups in total. The molecular formula is C26H37F3N4O3. The number of benzene rings is 1. The van der Waals surface area contributed by atoms with Crippen LogP contribution in [-0.4, -0.2) is 52.7 Å². The van der Waals surface area contributed by atoms with Crippen molar-refractivity contribution < 1.29 is 27.9 Å². The molecule has 0 spiro atoms. The van der Waals surface area contributed by atoms with Crippen LogP contribution in [0.4, 0.5) is 13.2 Å². The van der Waals surface area contributed by atoms with Gasteiger partial charge in [-0.05, 0) is 45.1 Å². The molecule has 1 heterocycles. The number of halogens is 3. The molecule has 2 fully saturated rings. The van der Waals surface area contributed by atoms with Gasteiger partial charge in [-0.15, -0.1) is 0 Å². The Morgan fingerprint density at radius 2 is 1.78 bits per heavy atom. The number of carbonyl (C=O) groups excluding carboxylic acids is 2. The molecule has 0 radical (unpaired) electrons. The number of amides is 2. The summed E-state index contributed by atoms with van der Waals surface area (Å²) in [4.78, 5) is 28.0. The fraction of sp³-hybridized carbons (Fsp3) is 0.654. The van der Waals surface area contributed by atoms with Crippen LogP contribution in [0.5, 0.6) is 5.75 Å². The fourth-order valence-corrected chi connectivity index (χ4v) is 5.34. The number of nitrogens with zero attached hydrogens (tertiary/aromatic N) is 1. The maximum Gasteiger partial charge on any atom is 0.243 e. The van der Waals surface area contributed by atoms with Gasteiger partial charge in [0.15, 0.2) is 23.2 Å². The van der Waals surface area contributed by atoms with Gasteiger partial charge in [0.2, 0.25) is 11.8 Å². The Labute approximate surface area is 210 Å². The Morgan fingerprint density at radius 1 is 1.08 bits per heavy atom. The number of likely N-dealkylation sites (tertiary alicyclic amines) is 1. The van der Waals surface area contributed by atoms with Crippen LogP contribution in [0.1, 0.15) is 82.8 Å². The van der Waals surface area contributed by atoms with E-state index in [0.717, 1.165) is 45.4 Å². The van der Waals surface area contributed by atoms with Crippen LogP contribution >= 0.6 is 0 Å². The number of rotatable bonds is 10. The number of carbonyl (C=O) groups is 2. The van der Waals surface area contributed by atoms with Gasteiger partial charge < -0.3 is 26.0 Å². The summed E-state index contributed by atoms with van der Waals surface area (Å²) in [6, 6.07) is -1.18. The molecule has 200 valence electrons. The minimum absolute atomic E-state index is 0.140. The third-order valence-corrected chi connectivity index (χ3v) is 7.27. The lowest BCUT2D eigenvalue weighted by molar-refractivity contribution is -0.140. The number of aromatic hydroxyl groups is 1. The highest BCUT2D eigenvalue weighted by Crippen LogP contribution is 2.31. The average molecular weight is 511 g/mol. The van der Waals surface area contributed by atoms with Gasteiger partial charge in [0.05, 0.1) is 11.6 Å². The first-order chi connectivity index (χ1) is 17.2. The van der Waals surface area contributed by atoms with Crippen molar-refractivity contribution in [3.63, 3.8) is 0 Å². The SMILES string of the molecule is CCCN[C@H](CC1CCCCC1)C(=O)N1CCC[C@H]1C(=O)NCc1c(F)c(O)c(C(C)=N)c(F)c1F. The number of hydrogen-bond acceptors (Lipinski definition) is 5. The molecule has 0 aromatic heterocycles. The molecule has 0 bridgehead atoms. The molecule has 1 saturated carbocycles. The lowest BCUT2D eigenvalue weighted by Gasteiger charge is -2.31. The standard InChI is InChI=1S/C26H37F3N4O3/c1-3-11-31-18(13-16-8-5-4-6-9-16)26(36)33-12-7-10-19(33)25(35)32-14-17-21(27)23(29)20(15(2)30)24(34)22(17)28/h16,18-19,30-31,34H,3-14H2,1-2H3,(H,32,35)/t18-,19+/m1/s1. The normalized spacial score (nSPS) is 19.4. The van der Waals surface area contributed by atoms with Crippen molar-refractivity contribution in [1.82, 2.24) is 15.5 Å². The summed E-state index contributed by atoms with van der Waals surface area (Å²) in [7, 11) is 0. The van der Waals surface area contributed by atoms with Gasteiger partial charge >= 0.3 is 0 Å². The van der Waals surface area contributed by atoms with Gasteiger partial charge in [0.25, 0.3) is 0 Å². The highest BCUT2D eigenvalue weighted by atomic mass is 19.2. The van der Waals surface area contributed by atoms with Gasteiger partial charge in [-0.3, -0.25) is 9.59 Å². The molecule has 10 heteroatoms. The first kappa shape index (κ1) is 28.0. The largest absolute Gasteiger partial charge is 0.504 e. The van der Waals surface area contributed by atoms with Gasteiger partial charge in [-0.1, -0.05) is 39.0 Å². The molecule has 2 aliphatic rings. The van der Waals surface area contributed by atoms with Crippen molar-refractivity contribution in [2.75, 3.05) is 13.1 Å². The molecule has 2 amide bonds. The van der Waals surface area contributed by atoms with Crippen LogP contribution in [0.3, 0.4) is 0 Å². The summed E-state index contributed by atoms with van der Waals surface area (Å²) in [5.41, 5.74) is -2.21. The number of hydrogen-bond donors (Lipinski definition) is 4. The third kappa shape index (κ3) is 6.19. The predicted molar refractivity (Wildman–Crippen MR) is 130 cm³/mol. The van der Waals surface area contributed by atoms with Crippen LogP contribution in [0.25, 0.3) is 0 Å². The first-order valence-electron chi connectivity index (χ1n) is 12.9. The molecule has 2 atom stereocenters. The van der Waals surface area contributed by atoms with E-state index < -0.39 is 58.5 Å². The Bertz CT molecular complexity index is 953. The van der Waals surface area contributed by atoms with Crippen LogP contribution < -0.4 is 10.6 Å². The molecule has 1 aromatic rings. The van der Waals surface area contributed by atoms with Crippen molar-refractivity contribution in [1.29, 1.82) is 5.41 Å². The minimum atomic E-state index is -1.57. The van der Waals surface area contributed by atoms with Crippen molar-refractivity contribution in [2.24, 2.45) is 5.92 Å². The third-order valence-electron chi connectivity index (χ3n) is 7.27. The van der Waals surface area contributed by atoms with E-state index in [1.807, 2.05) is 6.92 Å².